The van der Waals surface area contributed by atoms with Gasteiger partial charge >= 0.3 is 0 Å². The molecule has 10 heteroatoms. The van der Waals surface area contributed by atoms with Crippen LogP contribution in [-0.2, 0) is 20.0 Å². The van der Waals surface area contributed by atoms with Gasteiger partial charge in [-0.15, -0.1) is 4.40 Å². The van der Waals surface area contributed by atoms with Crippen LogP contribution in [0.25, 0.3) is 0 Å². The molecule has 0 N–H and O–H groups in total. The molecule has 3 aromatic rings. The lowest BCUT2D eigenvalue weighted by molar-refractivity contribution is 0.284. The molecule has 0 spiro atoms. The van der Waals surface area contributed by atoms with Crippen molar-refractivity contribution in [3.8, 4) is 5.75 Å². The number of methoxy groups -OCH3 is 1. The Bertz CT molecular complexity index is 1420. The van der Waals surface area contributed by atoms with E-state index in [4.69, 9.17) is 4.74 Å². The Morgan fingerprint density at radius 1 is 0.857 bits per heavy atom. The van der Waals surface area contributed by atoms with Crippen LogP contribution in [0.3, 0.4) is 0 Å². The van der Waals surface area contributed by atoms with Gasteiger partial charge in [0, 0.05) is 13.1 Å². The highest BCUT2D eigenvalue weighted by molar-refractivity contribution is 7.90. The predicted octanol–water partition coefficient (Wildman–Crippen LogP) is 3.82. The highest BCUT2D eigenvalue weighted by Crippen LogP contribution is 2.36. The van der Waals surface area contributed by atoms with Crippen molar-refractivity contribution in [3.05, 3.63) is 90.0 Å². The fourth-order valence-electron chi connectivity index (χ4n) is 4.04. The first-order chi connectivity index (χ1) is 16.6. The number of aryl methyl sites for hydroxylation is 1. The van der Waals surface area contributed by atoms with Gasteiger partial charge in [0.1, 0.15) is 17.8 Å². The second-order valence-corrected chi connectivity index (χ2v) is 11.7. The quantitative estimate of drug-likeness (QED) is 0.367. The molecule has 8 nitrogen and oxygen atoms in total. The number of nitrogens with zero attached hydrogens (tertiary/aromatic N) is 3. The zero-order chi connectivity index (χ0) is 25.2. The summed E-state index contributed by atoms with van der Waals surface area (Å²) < 4.78 is 63.8. The average Bonchev–Trinajstić information content (AvgIpc) is 3.31. The second-order valence-electron chi connectivity index (χ2n) is 8.20. The highest BCUT2D eigenvalue weighted by atomic mass is 32.2. The van der Waals surface area contributed by atoms with Crippen molar-refractivity contribution < 1.29 is 21.6 Å². The van der Waals surface area contributed by atoms with Crippen molar-refractivity contribution in [1.82, 2.24) is 9.21 Å². The van der Waals surface area contributed by atoms with Crippen LogP contribution < -0.4 is 4.74 Å². The SMILES string of the molecule is COc1ccc([C@H]2N(C(C)=NS(=O)(=O)c3ccc(C)cc3)CCN2S(=O)(=O)c2ccccc2)cc1. The Morgan fingerprint density at radius 3 is 2.09 bits per heavy atom. The van der Waals surface area contributed by atoms with E-state index in [0.29, 0.717) is 11.3 Å². The summed E-state index contributed by atoms with van der Waals surface area (Å²) in [6.45, 7) is 3.91. The molecule has 0 radical (unpaired) electrons. The molecule has 35 heavy (non-hydrogen) atoms. The Kier molecular flexibility index (Phi) is 6.98. The van der Waals surface area contributed by atoms with Crippen LogP contribution in [0.5, 0.6) is 5.75 Å². The molecule has 4 rings (SSSR count). The number of hydrogen-bond donors (Lipinski definition) is 0. The lowest BCUT2D eigenvalue weighted by atomic mass is 10.1. The molecule has 1 fully saturated rings. The van der Waals surface area contributed by atoms with E-state index in [1.165, 1.54) is 16.4 Å². The Balaban J connectivity index is 1.76. The van der Waals surface area contributed by atoms with Gasteiger partial charge in [0.2, 0.25) is 10.0 Å². The first-order valence-electron chi connectivity index (χ1n) is 11.0. The Hall–Kier alpha value is -3.21. The van der Waals surface area contributed by atoms with Crippen molar-refractivity contribution >= 4 is 25.9 Å². The summed E-state index contributed by atoms with van der Waals surface area (Å²) in [5, 5.41) is 0. The Morgan fingerprint density at radius 2 is 1.49 bits per heavy atom. The molecule has 1 aliphatic heterocycles. The van der Waals surface area contributed by atoms with Gasteiger partial charge in [0.15, 0.2) is 0 Å². The third-order valence-corrected chi connectivity index (χ3v) is 9.12. The smallest absolute Gasteiger partial charge is 0.283 e. The van der Waals surface area contributed by atoms with E-state index in [1.54, 1.807) is 85.7 Å². The highest BCUT2D eigenvalue weighted by Gasteiger charge is 2.42. The molecule has 0 unspecified atom stereocenters. The summed E-state index contributed by atoms with van der Waals surface area (Å²) in [6, 6.07) is 21.7. The largest absolute Gasteiger partial charge is 0.497 e. The normalized spacial score (nSPS) is 17.5. The maximum atomic E-state index is 13.6. The number of hydrogen-bond acceptors (Lipinski definition) is 5. The molecule has 1 aliphatic rings. The minimum absolute atomic E-state index is 0.0800. The van der Waals surface area contributed by atoms with E-state index in [2.05, 4.69) is 4.40 Å². The van der Waals surface area contributed by atoms with Crippen LogP contribution >= 0.6 is 0 Å². The molecule has 0 aromatic heterocycles. The molecule has 1 heterocycles. The lowest BCUT2D eigenvalue weighted by Crippen LogP contribution is -2.37. The van der Waals surface area contributed by atoms with Gasteiger partial charge in [-0.2, -0.15) is 12.7 Å². The zero-order valence-electron chi connectivity index (χ0n) is 19.7. The zero-order valence-corrected chi connectivity index (χ0v) is 21.3. The summed E-state index contributed by atoms with van der Waals surface area (Å²) in [4.78, 5) is 1.95. The summed E-state index contributed by atoms with van der Waals surface area (Å²) in [6.07, 6.45) is -0.775. The third-order valence-electron chi connectivity index (χ3n) is 5.88. The number of ether oxygens (including phenoxy) is 1. The van der Waals surface area contributed by atoms with Crippen molar-refractivity contribution in [3.63, 3.8) is 0 Å². The van der Waals surface area contributed by atoms with E-state index < -0.39 is 26.2 Å². The van der Waals surface area contributed by atoms with Gasteiger partial charge in [-0.1, -0.05) is 48.0 Å². The third kappa shape index (κ3) is 5.09. The standard InChI is InChI=1S/C25H27N3O5S2/c1-19-9-15-23(16-10-19)34(29,30)26-20(2)27-17-18-28(35(31,32)24-7-5-4-6-8-24)25(27)21-11-13-22(33-3)14-12-21/h4-16,25H,17-18H2,1-3H3/t25-/m0/s1. The maximum absolute atomic E-state index is 13.6. The monoisotopic (exact) mass is 513 g/mol. The number of rotatable bonds is 6. The molecule has 3 aromatic carbocycles. The molecular weight excluding hydrogens is 486 g/mol. The van der Waals surface area contributed by atoms with Crippen LogP contribution in [0.1, 0.15) is 24.2 Å². The van der Waals surface area contributed by atoms with E-state index >= 15 is 0 Å². The number of amidine groups is 1. The first-order valence-corrected chi connectivity index (χ1v) is 13.9. The molecule has 0 amide bonds. The van der Waals surface area contributed by atoms with Gasteiger partial charge in [-0.05, 0) is 55.8 Å². The molecule has 1 atom stereocenters. The summed E-state index contributed by atoms with van der Waals surface area (Å²) in [5.74, 6) is 0.834. The van der Waals surface area contributed by atoms with E-state index in [9.17, 15) is 16.8 Å². The molecule has 0 bridgehead atoms. The maximum Gasteiger partial charge on any atom is 0.283 e. The first kappa shape index (κ1) is 24.9. The number of sulfonamides is 2. The van der Waals surface area contributed by atoms with Crippen molar-refractivity contribution in [2.24, 2.45) is 4.40 Å². The minimum atomic E-state index is -3.98. The van der Waals surface area contributed by atoms with Crippen molar-refractivity contribution in [2.75, 3.05) is 20.2 Å². The predicted molar refractivity (Wildman–Crippen MR) is 134 cm³/mol. The Labute approximate surface area is 206 Å². The fraction of sp³-hybridized carbons (Fsp3) is 0.240. The van der Waals surface area contributed by atoms with Gasteiger partial charge in [0.05, 0.1) is 16.9 Å². The molecule has 0 saturated carbocycles. The van der Waals surface area contributed by atoms with Crippen LogP contribution in [0.15, 0.2) is 93.1 Å². The van der Waals surface area contributed by atoms with Gasteiger partial charge < -0.3 is 9.64 Å². The van der Waals surface area contributed by atoms with E-state index in [1.807, 2.05) is 6.92 Å². The fourth-order valence-corrected chi connectivity index (χ4v) is 6.67. The molecular formula is C25H27N3O5S2. The summed E-state index contributed by atoms with van der Waals surface area (Å²) >= 11 is 0. The summed E-state index contributed by atoms with van der Waals surface area (Å²) in [5.41, 5.74) is 1.61. The molecule has 1 saturated heterocycles. The van der Waals surface area contributed by atoms with Crippen LogP contribution in [0.4, 0.5) is 0 Å². The average molecular weight is 514 g/mol. The van der Waals surface area contributed by atoms with Gasteiger partial charge in [-0.3, -0.25) is 0 Å². The molecule has 184 valence electrons. The van der Waals surface area contributed by atoms with Crippen molar-refractivity contribution in [1.29, 1.82) is 0 Å². The van der Waals surface area contributed by atoms with Gasteiger partial charge in [0.25, 0.3) is 10.0 Å². The minimum Gasteiger partial charge on any atom is -0.497 e. The van der Waals surface area contributed by atoms with E-state index in [0.717, 1.165) is 5.56 Å². The van der Waals surface area contributed by atoms with Gasteiger partial charge in [-0.25, -0.2) is 8.42 Å². The lowest BCUT2D eigenvalue weighted by Gasteiger charge is -2.31. The number of benzene rings is 3. The van der Waals surface area contributed by atoms with Crippen LogP contribution in [0.2, 0.25) is 0 Å². The van der Waals surface area contributed by atoms with Crippen LogP contribution in [0, 0.1) is 6.92 Å². The summed E-state index contributed by atoms with van der Waals surface area (Å²) in [7, 11) is -6.29. The van der Waals surface area contributed by atoms with E-state index in [-0.39, 0.29) is 28.7 Å². The second kappa shape index (κ2) is 9.80. The topological polar surface area (TPSA) is 96.3 Å². The van der Waals surface area contributed by atoms with Crippen LogP contribution in [-0.4, -0.2) is 52.1 Å². The van der Waals surface area contributed by atoms with Crippen molar-refractivity contribution in [2.45, 2.75) is 29.8 Å². The molecule has 0 aliphatic carbocycles.